The van der Waals surface area contributed by atoms with Gasteiger partial charge in [0, 0.05) is 13.0 Å². The fourth-order valence-electron chi connectivity index (χ4n) is 2.25. The lowest BCUT2D eigenvalue weighted by molar-refractivity contribution is -0.141. The van der Waals surface area contributed by atoms with Gasteiger partial charge in [-0.15, -0.1) is 0 Å². The Bertz CT molecular complexity index is 445. The van der Waals surface area contributed by atoms with E-state index in [0.717, 1.165) is 18.7 Å². The molecule has 18 heavy (non-hydrogen) atoms. The van der Waals surface area contributed by atoms with Crippen LogP contribution in [0, 0.1) is 6.92 Å². The number of carbonyl (C=O) groups is 1. The third-order valence-electron chi connectivity index (χ3n) is 3.10. The van der Waals surface area contributed by atoms with Crippen molar-refractivity contribution in [3.63, 3.8) is 0 Å². The minimum Gasteiger partial charge on any atom is -0.488 e. The number of ether oxygens (including phenoxy) is 2. The molecule has 1 aromatic rings. The SMILES string of the molecule is COC(=O)CN(C)CC1Cc2cc(C)ccc2O1. The summed E-state index contributed by atoms with van der Waals surface area (Å²) in [6.45, 7) is 3.10. The van der Waals surface area contributed by atoms with Crippen molar-refractivity contribution < 1.29 is 14.3 Å². The number of hydrogen-bond donors (Lipinski definition) is 0. The zero-order chi connectivity index (χ0) is 13.1. The first-order valence-electron chi connectivity index (χ1n) is 6.10. The average molecular weight is 249 g/mol. The number of fused-ring (bicyclic) bond motifs is 1. The molecule has 4 nitrogen and oxygen atoms in total. The van der Waals surface area contributed by atoms with Gasteiger partial charge in [-0.3, -0.25) is 9.69 Å². The van der Waals surface area contributed by atoms with Gasteiger partial charge in [0.1, 0.15) is 11.9 Å². The topological polar surface area (TPSA) is 38.8 Å². The van der Waals surface area contributed by atoms with E-state index in [4.69, 9.17) is 4.74 Å². The van der Waals surface area contributed by atoms with Crippen LogP contribution < -0.4 is 4.74 Å². The Morgan fingerprint density at radius 1 is 1.56 bits per heavy atom. The van der Waals surface area contributed by atoms with E-state index < -0.39 is 0 Å². The number of methoxy groups -OCH3 is 1. The average Bonchev–Trinajstić information content (AvgIpc) is 2.69. The summed E-state index contributed by atoms with van der Waals surface area (Å²) in [7, 11) is 3.30. The maximum absolute atomic E-state index is 11.2. The number of esters is 1. The van der Waals surface area contributed by atoms with E-state index in [1.165, 1.54) is 18.2 Å². The van der Waals surface area contributed by atoms with E-state index in [1.807, 2.05) is 18.0 Å². The molecule has 1 heterocycles. The fraction of sp³-hybridized carbons (Fsp3) is 0.500. The van der Waals surface area contributed by atoms with Gasteiger partial charge in [0.2, 0.25) is 0 Å². The van der Waals surface area contributed by atoms with Crippen molar-refractivity contribution in [2.75, 3.05) is 27.2 Å². The van der Waals surface area contributed by atoms with Gasteiger partial charge in [0.15, 0.2) is 0 Å². The summed E-state index contributed by atoms with van der Waals surface area (Å²) in [6.07, 6.45) is 1.03. The monoisotopic (exact) mass is 249 g/mol. The number of benzene rings is 1. The highest BCUT2D eigenvalue weighted by Crippen LogP contribution is 2.29. The van der Waals surface area contributed by atoms with Crippen LogP contribution in [0.2, 0.25) is 0 Å². The predicted molar refractivity (Wildman–Crippen MR) is 68.8 cm³/mol. The van der Waals surface area contributed by atoms with Gasteiger partial charge in [-0.1, -0.05) is 17.7 Å². The molecular formula is C14H19NO3. The molecule has 1 aromatic carbocycles. The minimum absolute atomic E-state index is 0.122. The highest BCUT2D eigenvalue weighted by atomic mass is 16.5. The van der Waals surface area contributed by atoms with Crippen molar-refractivity contribution in [2.24, 2.45) is 0 Å². The molecule has 0 bridgehead atoms. The van der Waals surface area contributed by atoms with Gasteiger partial charge >= 0.3 is 5.97 Å². The number of aryl methyl sites for hydroxylation is 1. The van der Waals surface area contributed by atoms with Crippen LogP contribution in [0.15, 0.2) is 18.2 Å². The smallest absolute Gasteiger partial charge is 0.319 e. The number of rotatable bonds is 4. The molecule has 0 radical (unpaired) electrons. The summed E-state index contributed by atoms with van der Waals surface area (Å²) in [5, 5.41) is 0. The lowest BCUT2D eigenvalue weighted by Crippen LogP contribution is -2.35. The van der Waals surface area contributed by atoms with E-state index in [2.05, 4.69) is 23.8 Å². The molecule has 1 atom stereocenters. The second-order valence-corrected chi connectivity index (χ2v) is 4.83. The summed E-state index contributed by atoms with van der Waals surface area (Å²) in [4.78, 5) is 13.1. The molecule has 4 heteroatoms. The molecule has 0 spiro atoms. The molecule has 2 rings (SSSR count). The molecule has 0 aromatic heterocycles. The van der Waals surface area contributed by atoms with E-state index in [-0.39, 0.29) is 12.1 Å². The molecule has 0 aliphatic carbocycles. The van der Waals surface area contributed by atoms with Crippen molar-refractivity contribution in [3.05, 3.63) is 29.3 Å². The van der Waals surface area contributed by atoms with Crippen LogP contribution in [0.4, 0.5) is 0 Å². The largest absolute Gasteiger partial charge is 0.488 e. The predicted octanol–water partition coefficient (Wildman–Crippen LogP) is 1.40. The molecule has 0 saturated carbocycles. The summed E-state index contributed by atoms with van der Waals surface area (Å²) in [5.41, 5.74) is 2.51. The Kier molecular flexibility index (Phi) is 3.87. The third-order valence-corrected chi connectivity index (χ3v) is 3.10. The van der Waals surface area contributed by atoms with Crippen LogP contribution in [0.25, 0.3) is 0 Å². The Labute approximate surface area is 107 Å². The normalized spacial score (nSPS) is 17.4. The van der Waals surface area contributed by atoms with E-state index in [1.54, 1.807) is 0 Å². The molecule has 98 valence electrons. The highest BCUT2D eigenvalue weighted by molar-refractivity contribution is 5.71. The van der Waals surface area contributed by atoms with Gasteiger partial charge in [-0.05, 0) is 25.6 Å². The zero-order valence-corrected chi connectivity index (χ0v) is 11.1. The first-order valence-corrected chi connectivity index (χ1v) is 6.10. The quantitative estimate of drug-likeness (QED) is 0.756. The lowest BCUT2D eigenvalue weighted by Gasteiger charge is -2.19. The second-order valence-electron chi connectivity index (χ2n) is 4.83. The standard InChI is InChI=1S/C14H19NO3/c1-10-4-5-13-11(6-10)7-12(18-13)8-15(2)9-14(16)17-3/h4-6,12H,7-9H2,1-3H3. The third kappa shape index (κ3) is 3.01. The van der Waals surface area contributed by atoms with Crippen LogP contribution >= 0.6 is 0 Å². The first-order chi connectivity index (χ1) is 8.58. The highest BCUT2D eigenvalue weighted by Gasteiger charge is 2.24. The van der Waals surface area contributed by atoms with Gasteiger partial charge in [-0.2, -0.15) is 0 Å². The van der Waals surface area contributed by atoms with Gasteiger partial charge < -0.3 is 9.47 Å². The number of carbonyl (C=O) groups excluding carboxylic acids is 1. The molecule has 1 aliphatic rings. The van der Waals surface area contributed by atoms with Crippen LogP contribution in [-0.4, -0.2) is 44.2 Å². The number of hydrogen-bond acceptors (Lipinski definition) is 4. The Morgan fingerprint density at radius 2 is 2.33 bits per heavy atom. The number of nitrogens with zero attached hydrogens (tertiary/aromatic N) is 1. The van der Waals surface area contributed by atoms with Gasteiger partial charge in [-0.25, -0.2) is 0 Å². The fourth-order valence-corrected chi connectivity index (χ4v) is 2.25. The second kappa shape index (κ2) is 5.40. The Balaban J connectivity index is 1.89. The van der Waals surface area contributed by atoms with E-state index in [9.17, 15) is 4.79 Å². The van der Waals surface area contributed by atoms with Crippen LogP contribution in [0.5, 0.6) is 5.75 Å². The summed E-state index contributed by atoms with van der Waals surface area (Å²) in [5.74, 6) is 0.751. The maximum Gasteiger partial charge on any atom is 0.319 e. The Hall–Kier alpha value is -1.55. The van der Waals surface area contributed by atoms with Crippen molar-refractivity contribution in [1.82, 2.24) is 4.90 Å². The van der Waals surface area contributed by atoms with Crippen molar-refractivity contribution in [3.8, 4) is 5.75 Å². The molecular weight excluding hydrogens is 230 g/mol. The maximum atomic E-state index is 11.2. The lowest BCUT2D eigenvalue weighted by atomic mass is 10.1. The summed E-state index contributed by atoms with van der Waals surface area (Å²) < 4.78 is 10.5. The van der Waals surface area contributed by atoms with E-state index >= 15 is 0 Å². The molecule has 1 aliphatic heterocycles. The summed E-state index contributed by atoms with van der Waals surface area (Å²) in [6, 6.07) is 6.24. The summed E-state index contributed by atoms with van der Waals surface area (Å²) >= 11 is 0. The molecule has 1 unspecified atom stereocenters. The van der Waals surface area contributed by atoms with Crippen molar-refractivity contribution in [2.45, 2.75) is 19.4 Å². The van der Waals surface area contributed by atoms with Crippen molar-refractivity contribution >= 4 is 5.97 Å². The molecule has 0 fully saturated rings. The van der Waals surface area contributed by atoms with Crippen LogP contribution in [-0.2, 0) is 16.0 Å². The molecule has 0 N–H and O–H groups in total. The van der Waals surface area contributed by atoms with Crippen LogP contribution in [0.3, 0.4) is 0 Å². The molecule has 0 saturated heterocycles. The van der Waals surface area contributed by atoms with E-state index in [0.29, 0.717) is 6.54 Å². The minimum atomic E-state index is -0.219. The Morgan fingerprint density at radius 3 is 3.06 bits per heavy atom. The van der Waals surface area contributed by atoms with Crippen molar-refractivity contribution in [1.29, 1.82) is 0 Å². The van der Waals surface area contributed by atoms with Gasteiger partial charge in [0.25, 0.3) is 0 Å². The molecule has 0 amide bonds. The number of likely N-dealkylation sites (N-methyl/N-ethyl adjacent to an activating group) is 1. The first kappa shape index (κ1) is 12.9. The van der Waals surface area contributed by atoms with Gasteiger partial charge in [0.05, 0.1) is 13.7 Å². The zero-order valence-electron chi connectivity index (χ0n) is 11.1. The van der Waals surface area contributed by atoms with Crippen LogP contribution in [0.1, 0.15) is 11.1 Å².